The number of halogens is 1. The monoisotopic (exact) mass is 314 g/mol. The van der Waals surface area contributed by atoms with Crippen molar-refractivity contribution in [2.75, 3.05) is 19.0 Å². The van der Waals surface area contributed by atoms with Crippen LogP contribution in [0.15, 0.2) is 22.7 Å². The Bertz CT molecular complexity index is 393. The Kier molecular flexibility index (Phi) is 5.63. The molecule has 4 heteroatoms. The van der Waals surface area contributed by atoms with Gasteiger partial charge in [-0.3, -0.25) is 0 Å². The van der Waals surface area contributed by atoms with E-state index < -0.39 is 0 Å². The van der Waals surface area contributed by atoms with E-state index in [1.165, 1.54) is 5.56 Å². The lowest BCUT2D eigenvalue weighted by molar-refractivity contribution is 0.0122. The van der Waals surface area contributed by atoms with Crippen LogP contribution in [0.3, 0.4) is 0 Å². The average molecular weight is 315 g/mol. The number of hydrogen-bond acceptors (Lipinski definition) is 3. The Morgan fingerprint density at radius 1 is 1.44 bits per heavy atom. The third-order valence-electron chi connectivity index (χ3n) is 3.06. The van der Waals surface area contributed by atoms with Gasteiger partial charge in [0, 0.05) is 29.9 Å². The molecule has 0 aliphatic rings. The van der Waals surface area contributed by atoms with Crippen molar-refractivity contribution in [1.29, 1.82) is 0 Å². The van der Waals surface area contributed by atoms with Crippen molar-refractivity contribution in [3.63, 3.8) is 0 Å². The van der Waals surface area contributed by atoms with Gasteiger partial charge in [-0.05, 0) is 60.8 Å². The number of benzene rings is 1. The third kappa shape index (κ3) is 4.59. The highest BCUT2D eigenvalue weighted by atomic mass is 79.9. The number of aryl methyl sites for hydroxylation is 1. The van der Waals surface area contributed by atoms with Crippen LogP contribution in [0.2, 0.25) is 0 Å². The Morgan fingerprint density at radius 2 is 2.11 bits per heavy atom. The second-order valence-corrected chi connectivity index (χ2v) is 6.08. The van der Waals surface area contributed by atoms with Crippen molar-refractivity contribution >= 4 is 21.6 Å². The smallest absolute Gasteiger partial charge is 0.0642 e. The summed E-state index contributed by atoms with van der Waals surface area (Å²) >= 11 is 3.55. The zero-order chi connectivity index (χ0) is 13.8. The van der Waals surface area contributed by atoms with Crippen LogP contribution in [0.5, 0.6) is 0 Å². The van der Waals surface area contributed by atoms with E-state index in [9.17, 15) is 0 Å². The lowest BCUT2D eigenvalue weighted by atomic mass is 9.98. The molecule has 3 N–H and O–H groups in total. The summed E-state index contributed by atoms with van der Waals surface area (Å²) in [6.07, 6.45) is 0.861. The summed E-state index contributed by atoms with van der Waals surface area (Å²) in [7, 11) is 1.73. The number of hydrogen-bond donors (Lipinski definition) is 2. The molecule has 0 amide bonds. The molecule has 1 aromatic rings. The number of ether oxygens (including phenoxy) is 1. The van der Waals surface area contributed by atoms with Gasteiger partial charge in [0.25, 0.3) is 0 Å². The molecule has 0 aromatic heterocycles. The Hall–Kier alpha value is -0.580. The van der Waals surface area contributed by atoms with Gasteiger partial charge in [-0.1, -0.05) is 6.07 Å². The van der Waals surface area contributed by atoms with Crippen LogP contribution in [0.1, 0.15) is 25.8 Å². The fraction of sp³-hybridized carbons (Fsp3) is 0.571. The topological polar surface area (TPSA) is 47.3 Å². The number of rotatable bonds is 6. The first-order chi connectivity index (χ1) is 8.38. The van der Waals surface area contributed by atoms with Gasteiger partial charge in [-0.15, -0.1) is 0 Å². The normalized spacial score (nSPS) is 13.4. The molecular weight excluding hydrogens is 292 g/mol. The summed E-state index contributed by atoms with van der Waals surface area (Å²) in [6.45, 7) is 6.80. The fourth-order valence-corrected chi connectivity index (χ4v) is 2.20. The highest BCUT2D eigenvalue weighted by molar-refractivity contribution is 9.10. The van der Waals surface area contributed by atoms with Crippen molar-refractivity contribution in [3.05, 3.63) is 28.2 Å². The minimum Gasteiger partial charge on any atom is -0.380 e. The van der Waals surface area contributed by atoms with E-state index in [0.717, 1.165) is 16.6 Å². The van der Waals surface area contributed by atoms with Gasteiger partial charge in [0.05, 0.1) is 5.60 Å². The predicted octanol–water partition coefficient (Wildman–Crippen LogP) is 3.31. The number of methoxy groups -OCH3 is 1. The van der Waals surface area contributed by atoms with Gasteiger partial charge in [0.1, 0.15) is 0 Å². The van der Waals surface area contributed by atoms with Gasteiger partial charge in [0.2, 0.25) is 0 Å². The third-order valence-corrected chi connectivity index (χ3v) is 3.75. The molecule has 1 aromatic carbocycles. The standard InChI is InChI=1S/C14H23BrN2O/c1-10-5-6-12(15)13(7-10)17-11(9-16)8-14(2,3)18-4/h5-7,11,17H,8-9,16H2,1-4H3. The SMILES string of the molecule is COC(C)(C)CC(CN)Nc1cc(C)ccc1Br. The molecule has 0 spiro atoms. The molecule has 1 atom stereocenters. The quantitative estimate of drug-likeness (QED) is 0.846. The fourth-order valence-electron chi connectivity index (χ4n) is 1.84. The Balaban J connectivity index is 2.77. The highest BCUT2D eigenvalue weighted by Crippen LogP contribution is 2.26. The van der Waals surface area contributed by atoms with E-state index in [2.05, 4.69) is 54.2 Å². The second-order valence-electron chi connectivity index (χ2n) is 5.23. The molecule has 0 bridgehead atoms. The summed E-state index contributed by atoms with van der Waals surface area (Å²) in [6, 6.07) is 6.43. The van der Waals surface area contributed by atoms with Crippen LogP contribution in [0, 0.1) is 6.92 Å². The molecule has 0 aliphatic carbocycles. The molecular formula is C14H23BrN2O. The van der Waals surface area contributed by atoms with Gasteiger partial charge >= 0.3 is 0 Å². The number of anilines is 1. The first kappa shape index (κ1) is 15.5. The minimum atomic E-state index is -0.173. The number of nitrogens with one attached hydrogen (secondary N) is 1. The average Bonchev–Trinajstić information content (AvgIpc) is 2.32. The maximum Gasteiger partial charge on any atom is 0.0642 e. The maximum atomic E-state index is 5.84. The van der Waals surface area contributed by atoms with Gasteiger partial charge in [-0.2, -0.15) is 0 Å². The molecule has 0 fully saturated rings. The van der Waals surface area contributed by atoms with Crippen LogP contribution < -0.4 is 11.1 Å². The molecule has 0 aliphatic heterocycles. The summed E-state index contributed by atoms with van der Waals surface area (Å²) in [5, 5.41) is 3.48. The second kappa shape index (κ2) is 6.55. The van der Waals surface area contributed by atoms with Crippen molar-refractivity contribution in [2.45, 2.75) is 38.8 Å². The first-order valence-corrected chi connectivity index (χ1v) is 6.95. The lowest BCUT2D eigenvalue weighted by Crippen LogP contribution is -2.37. The zero-order valence-corrected chi connectivity index (χ0v) is 13.2. The van der Waals surface area contributed by atoms with Crippen LogP contribution in [0.4, 0.5) is 5.69 Å². The Labute approximate surface area is 118 Å². The predicted molar refractivity (Wildman–Crippen MR) is 81.0 cm³/mol. The molecule has 1 unspecified atom stereocenters. The van der Waals surface area contributed by atoms with E-state index >= 15 is 0 Å². The molecule has 1 rings (SSSR count). The summed E-state index contributed by atoms with van der Waals surface area (Å²) in [5.41, 5.74) is 7.97. The molecule has 0 saturated heterocycles. The van der Waals surface area contributed by atoms with Crippen LogP contribution in [-0.4, -0.2) is 25.3 Å². The molecule has 102 valence electrons. The molecule has 0 radical (unpaired) electrons. The Morgan fingerprint density at radius 3 is 2.67 bits per heavy atom. The molecule has 3 nitrogen and oxygen atoms in total. The van der Waals surface area contributed by atoms with Crippen molar-refractivity contribution in [1.82, 2.24) is 0 Å². The van der Waals surface area contributed by atoms with E-state index in [1.807, 2.05) is 6.07 Å². The van der Waals surface area contributed by atoms with Crippen LogP contribution in [-0.2, 0) is 4.74 Å². The van der Waals surface area contributed by atoms with E-state index in [1.54, 1.807) is 7.11 Å². The minimum absolute atomic E-state index is 0.173. The van der Waals surface area contributed by atoms with Crippen molar-refractivity contribution in [3.8, 4) is 0 Å². The van der Waals surface area contributed by atoms with Gasteiger partial charge in [0.15, 0.2) is 0 Å². The maximum absolute atomic E-state index is 5.84. The van der Waals surface area contributed by atoms with Crippen LogP contribution >= 0.6 is 15.9 Å². The van der Waals surface area contributed by atoms with Gasteiger partial charge < -0.3 is 15.8 Å². The number of nitrogens with two attached hydrogens (primary N) is 1. The first-order valence-electron chi connectivity index (χ1n) is 6.16. The summed E-state index contributed by atoms with van der Waals surface area (Å²) in [4.78, 5) is 0. The lowest BCUT2D eigenvalue weighted by Gasteiger charge is -2.29. The van der Waals surface area contributed by atoms with E-state index in [0.29, 0.717) is 6.54 Å². The molecule has 0 saturated carbocycles. The van der Waals surface area contributed by atoms with Gasteiger partial charge in [-0.25, -0.2) is 0 Å². The molecule has 18 heavy (non-hydrogen) atoms. The van der Waals surface area contributed by atoms with Crippen molar-refractivity contribution < 1.29 is 4.74 Å². The zero-order valence-electron chi connectivity index (χ0n) is 11.6. The van der Waals surface area contributed by atoms with Crippen molar-refractivity contribution in [2.24, 2.45) is 5.73 Å². The van der Waals surface area contributed by atoms with Crippen LogP contribution in [0.25, 0.3) is 0 Å². The summed E-state index contributed by atoms with van der Waals surface area (Å²) in [5.74, 6) is 0. The largest absolute Gasteiger partial charge is 0.380 e. The summed E-state index contributed by atoms with van der Waals surface area (Å²) < 4.78 is 6.51. The molecule has 0 heterocycles. The highest BCUT2D eigenvalue weighted by Gasteiger charge is 2.22. The van der Waals surface area contributed by atoms with E-state index in [-0.39, 0.29) is 11.6 Å². The van der Waals surface area contributed by atoms with E-state index in [4.69, 9.17) is 10.5 Å².